The number of rotatable bonds is 23. The molecule has 2 N–H and O–H groups in total. The lowest BCUT2D eigenvalue weighted by atomic mass is 9.78. The Bertz CT molecular complexity index is 1470. The van der Waals surface area contributed by atoms with Crippen LogP contribution in [0.2, 0.25) is 0 Å². The quantitative estimate of drug-likeness (QED) is 0.0821. The Kier molecular flexibility index (Phi) is 17.5. The van der Waals surface area contributed by atoms with Crippen LogP contribution in [0.3, 0.4) is 0 Å². The number of hydrogen-bond acceptors (Lipinski definition) is 11. The number of sulfonamides is 1. The summed E-state index contributed by atoms with van der Waals surface area (Å²) >= 11 is 0. The van der Waals surface area contributed by atoms with Crippen molar-refractivity contribution in [2.24, 2.45) is 0 Å². The van der Waals surface area contributed by atoms with Crippen LogP contribution in [-0.4, -0.2) is 63.0 Å². The first-order chi connectivity index (χ1) is 23.3. The number of phenolic OH excluding ortho intramolecular Hbond substituents is 1. The first-order valence-corrected chi connectivity index (χ1v) is 22.1. The maximum absolute atomic E-state index is 14.5. The van der Waals surface area contributed by atoms with Crippen molar-refractivity contribution in [3.05, 3.63) is 53.6 Å². The molecule has 0 bridgehead atoms. The van der Waals surface area contributed by atoms with E-state index in [0.717, 1.165) is 24.0 Å². The van der Waals surface area contributed by atoms with E-state index in [1.54, 1.807) is 79.7 Å². The molecule has 0 heterocycles. The standard InChI is InChI=1S/C35H59NO11P2S/c1-12-31(28-14-17-30(37)18-15-28)32(13-2)29-16-19-34(43-23-42-11)33(22-29)36-50(40,41)21-20-35(48(38,44-24(3)4)45-25(5)6)49(39,46-26(7)8)47-27(9)10/h14-19,22,24-27,31-32,35-37H,12-13,20-21,23H2,1-11H3. The number of ether oxygens (including phenoxy) is 2. The highest BCUT2D eigenvalue weighted by atomic mass is 32.2. The van der Waals surface area contributed by atoms with E-state index in [0.29, 0.717) is 0 Å². The zero-order chi connectivity index (χ0) is 37.9. The van der Waals surface area contributed by atoms with E-state index in [-0.39, 0.29) is 35.8 Å². The molecule has 0 spiro atoms. The minimum atomic E-state index is -4.30. The maximum Gasteiger partial charge on any atom is 0.346 e. The molecule has 0 radical (unpaired) electrons. The van der Waals surface area contributed by atoms with Gasteiger partial charge in [-0.15, -0.1) is 0 Å². The Hall–Kier alpha value is -1.95. The first-order valence-electron chi connectivity index (χ1n) is 17.3. The van der Waals surface area contributed by atoms with Crippen molar-refractivity contribution < 1.29 is 50.2 Å². The fourth-order valence-corrected chi connectivity index (χ4v) is 13.2. The maximum atomic E-state index is 14.5. The van der Waals surface area contributed by atoms with Gasteiger partial charge < -0.3 is 32.7 Å². The van der Waals surface area contributed by atoms with E-state index in [1.165, 1.54) is 7.11 Å². The Morgan fingerprint density at radius 3 is 1.58 bits per heavy atom. The molecule has 0 amide bonds. The molecule has 12 nitrogen and oxygen atoms in total. The molecule has 2 unspecified atom stereocenters. The Balaban J connectivity index is 2.60. The Morgan fingerprint density at radius 1 is 0.720 bits per heavy atom. The topological polar surface area (TPSA) is 156 Å². The Labute approximate surface area is 300 Å². The van der Waals surface area contributed by atoms with E-state index in [9.17, 15) is 22.7 Å². The summed E-state index contributed by atoms with van der Waals surface area (Å²) in [5.41, 5.74) is 2.13. The van der Waals surface area contributed by atoms with E-state index >= 15 is 0 Å². The molecule has 0 saturated carbocycles. The Morgan fingerprint density at radius 2 is 1.16 bits per heavy atom. The van der Waals surface area contributed by atoms with Crippen LogP contribution in [0, 0.1) is 0 Å². The summed E-state index contributed by atoms with van der Waals surface area (Å²) in [6, 6.07) is 12.5. The van der Waals surface area contributed by atoms with Gasteiger partial charge in [-0.2, -0.15) is 0 Å². The van der Waals surface area contributed by atoms with Crippen molar-refractivity contribution in [1.29, 1.82) is 0 Å². The third kappa shape index (κ3) is 13.2. The van der Waals surface area contributed by atoms with Crippen LogP contribution in [0.5, 0.6) is 11.5 Å². The molecule has 286 valence electrons. The predicted molar refractivity (Wildman–Crippen MR) is 199 cm³/mol. The van der Waals surface area contributed by atoms with Crippen LogP contribution in [-0.2, 0) is 42.0 Å². The van der Waals surface area contributed by atoms with Gasteiger partial charge >= 0.3 is 15.2 Å². The van der Waals surface area contributed by atoms with Crippen LogP contribution in [0.1, 0.15) is 111 Å². The normalized spacial score (nSPS) is 14.2. The lowest BCUT2D eigenvalue weighted by Crippen LogP contribution is -2.27. The van der Waals surface area contributed by atoms with Crippen molar-refractivity contribution in [1.82, 2.24) is 0 Å². The van der Waals surface area contributed by atoms with Gasteiger partial charge in [0, 0.05) is 7.11 Å². The van der Waals surface area contributed by atoms with Gasteiger partial charge in [-0.3, -0.25) is 13.9 Å². The van der Waals surface area contributed by atoms with Crippen molar-refractivity contribution >= 4 is 30.9 Å². The van der Waals surface area contributed by atoms with Crippen LogP contribution in [0.15, 0.2) is 42.5 Å². The van der Waals surface area contributed by atoms with E-state index in [2.05, 4.69) is 18.6 Å². The van der Waals surface area contributed by atoms with Crippen LogP contribution < -0.4 is 9.46 Å². The first kappa shape index (κ1) is 44.2. The van der Waals surface area contributed by atoms with Crippen molar-refractivity contribution in [2.75, 3.05) is 24.4 Å². The number of phenols is 1. The zero-order valence-electron chi connectivity index (χ0n) is 31.5. The van der Waals surface area contributed by atoms with Crippen LogP contribution in [0.25, 0.3) is 0 Å². The number of hydrogen-bond donors (Lipinski definition) is 2. The molecule has 50 heavy (non-hydrogen) atoms. The minimum absolute atomic E-state index is 0.00754. The van der Waals surface area contributed by atoms with Gasteiger partial charge in [-0.05, 0) is 122 Å². The SMILES string of the molecule is CCC(c1ccc(O)cc1)C(CC)c1ccc(OCOC)c(NS(=O)(=O)CCC(P(=O)(OC(C)C)OC(C)C)P(=O)(OC(C)C)OC(C)C)c1. The third-order valence-corrected chi connectivity index (χ3v) is 15.4. The highest BCUT2D eigenvalue weighted by Gasteiger charge is 2.53. The minimum Gasteiger partial charge on any atom is -0.508 e. The summed E-state index contributed by atoms with van der Waals surface area (Å²) in [6.07, 6.45) is -1.28. The number of nitrogens with one attached hydrogen (secondary N) is 1. The molecular formula is C35H59NO11P2S. The van der Waals surface area contributed by atoms with E-state index in [4.69, 9.17) is 27.6 Å². The molecule has 2 rings (SSSR count). The van der Waals surface area contributed by atoms with Gasteiger partial charge in [0.1, 0.15) is 11.5 Å². The van der Waals surface area contributed by atoms with Crippen LogP contribution >= 0.6 is 15.2 Å². The molecule has 0 aliphatic carbocycles. The van der Waals surface area contributed by atoms with Crippen molar-refractivity contribution in [3.8, 4) is 11.5 Å². The fourth-order valence-electron chi connectivity index (χ4n) is 5.81. The van der Waals surface area contributed by atoms with E-state index in [1.807, 2.05) is 18.2 Å². The highest BCUT2D eigenvalue weighted by molar-refractivity contribution is 7.92. The number of benzene rings is 2. The second kappa shape index (κ2) is 19.8. The average molecular weight is 764 g/mol. The van der Waals surface area contributed by atoms with Gasteiger partial charge in [0.2, 0.25) is 10.0 Å². The van der Waals surface area contributed by atoms with Gasteiger partial charge in [0.15, 0.2) is 12.2 Å². The zero-order valence-corrected chi connectivity index (χ0v) is 34.1. The van der Waals surface area contributed by atoms with Gasteiger partial charge in [0.25, 0.3) is 0 Å². The summed E-state index contributed by atoms with van der Waals surface area (Å²) in [5.74, 6) is -0.0942. The molecular weight excluding hydrogens is 704 g/mol. The van der Waals surface area contributed by atoms with Gasteiger partial charge in [0.05, 0.1) is 35.9 Å². The monoisotopic (exact) mass is 763 g/mol. The number of anilines is 1. The summed E-state index contributed by atoms with van der Waals surface area (Å²) in [6.45, 7) is 17.3. The second-order valence-corrected chi connectivity index (χ2v) is 19.8. The van der Waals surface area contributed by atoms with Gasteiger partial charge in [-0.25, -0.2) is 8.42 Å². The summed E-state index contributed by atoms with van der Waals surface area (Å²) in [4.78, 5) is 0. The summed E-state index contributed by atoms with van der Waals surface area (Å²) in [5, 5.41) is 8.30. The largest absolute Gasteiger partial charge is 0.508 e. The summed E-state index contributed by atoms with van der Waals surface area (Å²) < 4.78 is 93.7. The predicted octanol–water partition coefficient (Wildman–Crippen LogP) is 9.61. The van der Waals surface area contributed by atoms with Crippen molar-refractivity contribution in [3.63, 3.8) is 0 Å². The highest BCUT2D eigenvalue weighted by Crippen LogP contribution is 2.73. The lowest BCUT2D eigenvalue weighted by Gasteiger charge is -2.35. The van der Waals surface area contributed by atoms with Crippen LogP contribution in [0.4, 0.5) is 5.69 Å². The molecule has 2 aromatic rings. The molecule has 0 aromatic heterocycles. The smallest absolute Gasteiger partial charge is 0.346 e. The molecule has 0 fully saturated rings. The van der Waals surface area contributed by atoms with Crippen molar-refractivity contribution in [2.45, 2.75) is 130 Å². The molecule has 2 aromatic carbocycles. The third-order valence-electron chi connectivity index (χ3n) is 7.52. The number of methoxy groups -OCH3 is 1. The molecule has 0 aliphatic rings. The van der Waals surface area contributed by atoms with Gasteiger partial charge in [-0.1, -0.05) is 32.0 Å². The number of aromatic hydroxyl groups is 1. The molecule has 15 heteroatoms. The average Bonchev–Trinajstić information content (AvgIpc) is 2.97. The lowest BCUT2D eigenvalue weighted by molar-refractivity contribution is 0.0516. The molecule has 2 atom stereocenters. The summed E-state index contributed by atoms with van der Waals surface area (Å²) in [7, 11) is -11.4. The van der Waals surface area contributed by atoms with E-state index < -0.39 is 67.2 Å². The molecule has 0 saturated heterocycles. The fraction of sp³-hybridized carbons (Fsp3) is 0.657. The molecule has 0 aliphatic heterocycles. The second-order valence-electron chi connectivity index (χ2n) is 13.3.